The lowest BCUT2D eigenvalue weighted by atomic mass is 9.81. The van der Waals surface area contributed by atoms with Crippen LogP contribution in [0.15, 0.2) is 12.1 Å². The zero-order chi connectivity index (χ0) is 22.5. The maximum atomic E-state index is 13.0. The van der Waals surface area contributed by atoms with Crippen molar-refractivity contribution < 1.29 is 9.59 Å². The van der Waals surface area contributed by atoms with E-state index in [4.69, 9.17) is 4.98 Å². The summed E-state index contributed by atoms with van der Waals surface area (Å²) in [6, 6.07) is 4.39. The van der Waals surface area contributed by atoms with Crippen molar-refractivity contribution in [2.45, 2.75) is 96.9 Å². The second kappa shape index (κ2) is 10.8. The smallest absolute Gasteiger partial charge is 0.223 e. The Bertz CT molecular complexity index is 802. The van der Waals surface area contributed by atoms with E-state index >= 15 is 0 Å². The molecule has 1 aromatic heterocycles. The molecule has 0 bridgehead atoms. The number of pyridine rings is 1. The summed E-state index contributed by atoms with van der Waals surface area (Å²) in [5.74, 6) is 2.86. The van der Waals surface area contributed by atoms with Gasteiger partial charge in [0.2, 0.25) is 5.91 Å². The number of aromatic nitrogens is 1. The summed E-state index contributed by atoms with van der Waals surface area (Å²) in [5, 5.41) is 3.32. The van der Waals surface area contributed by atoms with E-state index in [1.54, 1.807) is 0 Å². The number of carbonyl (C=O) groups is 2. The molecule has 1 saturated carbocycles. The molecule has 0 aromatic carbocycles. The zero-order valence-electron chi connectivity index (χ0n) is 20.1. The van der Waals surface area contributed by atoms with Crippen LogP contribution in [-0.4, -0.2) is 35.8 Å². The minimum atomic E-state index is 0.179. The lowest BCUT2D eigenvalue weighted by Gasteiger charge is -2.26. The van der Waals surface area contributed by atoms with Gasteiger partial charge >= 0.3 is 0 Å². The third-order valence-corrected chi connectivity index (χ3v) is 7.95. The highest BCUT2D eigenvalue weighted by Crippen LogP contribution is 2.32. The van der Waals surface area contributed by atoms with E-state index in [-0.39, 0.29) is 17.6 Å². The van der Waals surface area contributed by atoms with Crippen molar-refractivity contribution in [1.82, 2.24) is 10.3 Å². The molecule has 1 N–H and O–H groups in total. The van der Waals surface area contributed by atoms with Gasteiger partial charge in [-0.05, 0) is 63.0 Å². The number of carbonyl (C=O) groups excluding carboxylic acids is 2. The Hall–Kier alpha value is -1.91. The lowest BCUT2D eigenvalue weighted by molar-refractivity contribution is -0.126. The van der Waals surface area contributed by atoms with Gasteiger partial charge in [0.1, 0.15) is 5.82 Å². The van der Waals surface area contributed by atoms with E-state index in [0.717, 1.165) is 74.6 Å². The van der Waals surface area contributed by atoms with Crippen molar-refractivity contribution >= 4 is 17.5 Å². The summed E-state index contributed by atoms with van der Waals surface area (Å²) in [7, 11) is 0. The van der Waals surface area contributed by atoms with E-state index in [1.165, 1.54) is 32.1 Å². The molecule has 3 atom stereocenters. The van der Waals surface area contributed by atoms with E-state index < -0.39 is 0 Å². The van der Waals surface area contributed by atoms with Gasteiger partial charge in [-0.3, -0.25) is 9.59 Å². The summed E-state index contributed by atoms with van der Waals surface area (Å²) in [5.41, 5.74) is 1.78. The lowest BCUT2D eigenvalue weighted by Crippen LogP contribution is -2.36. The monoisotopic (exact) mass is 439 g/mol. The van der Waals surface area contributed by atoms with Crippen molar-refractivity contribution in [2.75, 3.05) is 18.0 Å². The Labute approximate surface area is 193 Å². The van der Waals surface area contributed by atoms with Gasteiger partial charge in [-0.15, -0.1) is 0 Å². The van der Waals surface area contributed by atoms with Crippen LogP contribution in [0.5, 0.6) is 0 Å². The molecule has 0 spiro atoms. The Morgan fingerprint density at radius 3 is 2.75 bits per heavy atom. The van der Waals surface area contributed by atoms with Crippen LogP contribution in [0.4, 0.5) is 5.82 Å². The fraction of sp³-hybridized carbons (Fsp3) is 0.741. The normalized spacial score (nSPS) is 24.9. The third kappa shape index (κ3) is 5.52. The van der Waals surface area contributed by atoms with E-state index in [2.05, 4.69) is 24.1 Å². The third-order valence-electron chi connectivity index (χ3n) is 7.95. The molecule has 2 fully saturated rings. The number of anilines is 1. The van der Waals surface area contributed by atoms with Crippen molar-refractivity contribution in [3.63, 3.8) is 0 Å². The maximum Gasteiger partial charge on any atom is 0.223 e. The molecule has 4 rings (SSSR count). The molecule has 2 aliphatic carbocycles. The number of Topliss-reactive ketones (excluding diaryl/α,β-unsaturated/α-hetero) is 1. The first kappa shape index (κ1) is 23.3. The molecule has 5 nitrogen and oxygen atoms in total. The molecule has 1 aliphatic heterocycles. The molecular weight excluding hydrogens is 398 g/mol. The van der Waals surface area contributed by atoms with Crippen molar-refractivity contribution in [1.29, 1.82) is 0 Å². The largest absolute Gasteiger partial charge is 0.356 e. The second-order valence-corrected chi connectivity index (χ2v) is 10.5. The predicted octanol–water partition coefficient (Wildman–Crippen LogP) is 5.32. The minimum Gasteiger partial charge on any atom is -0.356 e. The first-order valence-electron chi connectivity index (χ1n) is 13.1. The highest BCUT2D eigenvalue weighted by Gasteiger charge is 2.32. The van der Waals surface area contributed by atoms with Crippen molar-refractivity contribution in [3.8, 4) is 0 Å². The van der Waals surface area contributed by atoms with Crippen LogP contribution in [0.3, 0.4) is 0 Å². The molecular formula is C27H41N3O2. The van der Waals surface area contributed by atoms with Gasteiger partial charge in [0.15, 0.2) is 5.78 Å². The molecule has 32 heavy (non-hydrogen) atoms. The van der Waals surface area contributed by atoms with Crippen LogP contribution in [0, 0.1) is 17.8 Å². The van der Waals surface area contributed by atoms with Crippen molar-refractivity contribution in [2.24, 2.45) is 17.8 Å². The maximum absolute atomic E-state index is 13.0. The number of nitrogens with one attached hydrogen (secondary N) is 1. The van der Waals surface area contributed by atoms with Crippen LogP contribution in [-0.2, 0) is 11.2 Å². The van der Waals surface area contributed by atoms with Crippen LogP contribution >= 0.6 is 0 Å². The predicted molar refractivity (Wildman–Crippen MR) is 129 cm³/mol. The molecule has 3 unspecified atom stereocenters. The molecule has 1 saturated heterocycles. The first-order chi connectivity index (χ1) is 15.5. The highest BCUT2D eigenvalue weighted by molar-refractivity contribution is 5.98. The number of fused-ring (bicyclic) bond motifs is 1. The SMILES string of the molecule is CCCC(CC1CCCCC1)C(=O)NCC1CC(C)N(c2ccc3c(n2)CCCC3=O)C1. The van der Waals surface area contributed by atoms with E-state index in [0.29, 0.717) is 18.4 Å². The number of hydrogen-bond donors (Lipinski definition) is 1. The molecule has 5 heteroatoms. The van der Waals surface area contributed by atoms with Crippen molar-refractivity contribution in [3.05, 3.63) is 23.4 Å². The molecule has 0 radical (unpaired) electrons. The summed E-state index contributed by atoms with van der Waals surface area (Å²) in [6.07, 6.45) is 13.3. The topological polar surface area (TPSA) is 62.3 Å². The number of hydrogen-bond acceptors (Lipinski definition) is 4. The van der Waals surface area contributed by atoms with Gasteiger partial charge < -0.3 is 10.2 Å². The number of ketones is 1. The van der Waals surface area contributed by atoms with Gasteiger partial charge in [-0.1, -0.05) is 45.4 Å². The van der Waals surface area contributed by atoms with Crippen LogP contribution < -0.4 is 10.2 Å². The highest BCUT2D eigenvalue weighted by atomic mass is 16.2. The van der Waals surface area contributed by atoms with Gasteiger partial charge in [0.05, 0.1) is 5.69 Å². The van der Waals surface area contributed by atoms with E-state index in [9.17, 15) is 9.59 Å². The number of aryl methyl sites for hydroxylation is 1. The standard InChI is InChI=1S/C27H41N3O2/c1-3-8-22(16-20-9-5-4-6-10-20)27(32)28-17-21-15-19(2)30(18-21)26-14-13-23-24(29-26)11-7-12-25(23)31/h13-14,19-22H,3-12,15-18H2,1-2H3,(H,28,32). The molecule has 1 amide bonds. The Kier molecular flexibility index (Phi) is 7.85. The number of rotatable bonds is 8. The Morgan fingerprint density at radius 2 is 1.97 bits per heavy atom. The molecule has 1 aromatic rings. The quantitative estimate of drug-likeness (QED) is 0.596. The molecule has 176 valence electrons. The fourth-order valence-corrected chi connectivity index (χ4v) is 6.17. The van der Waals surface area contributed by atoms with Gasteiger partial charge in [-0.2, -0.15) is 0 Å². The van der Waals surface area contributed by atoms with Gasteiger partial charge in [-0.25, -0.2) is 4.98 Å². The summed E-state index contributed by atoms with van der Waals surface area (Å²) in [6.45, 7) is 6.12. The first-order valence-corrected chi connectivity index (χ1v) is 13.1. The van der Waals surface area contributed by atoms with Crippen LogP contribution in [0.2, 0.25) is 0 Å². The van der Waals surface area contributed by atoms with Crippen LogP contribution in [0.25, 0.3) is 0 Å². The van der Waals surface area contributed by atoms with Gasteiger partial charge in [0.25, 0.3) is 0 Å². The Morgan fingerprint density at radius 1 is 1.16 bits per heavy atom. The van der Waals surface area contributed by atoms with E-state index in [1.807, 2.05) is 12.1 Å². The number of amides is 1. The van der Waals surface area contributed by atoms with Gasteiger partial charge in [0, 0.05) is 37.0 Å². The number of nitrogens with zero attached hydrogens (tertiary/aromatic N) is 2. The average Bonchev–Trinajstić information content (AvgIpc) is 3.18. The average molecular weight is 440 g/mol. The second-order valence-electron chi connectivity index (χ2n) is 10.5. The molecule has 3 aliphatic rings. The zero-order valence-corrected chi connectivity index (χ0v) is 20.1. The fourth-order valence-electron chi connectivity index (χ4n) is 6.17. The summed E-state index contributed by atoms with van der Waals surface area (Å²) in [4.78, 5) is 32.4. The Balaban J connectivity index is 1.31. The summed E-state index contributed by atoms with van der Waals surface area (Å²) < 4.78 is 0. The molecule has 2 heterocycles. The van der Waals surface area contributed by atoms with Crippen LogP contribution in [0.1, 0.15) is 101 Å². The minimum absolute atomic E-state index is 0.179. The summed E-state index contributed by atoms with van der Waals surface area (Å²) >= 11 is 0.